The number of nitrogens with one attached hydrogen (secondary N) is 2. The Labute approximate surface area is 201 Å². The van der Waals surface area contributed by atoms with Gasteiger partial charge in [0.15, 0.2) is 0 Å². The molecule has 4 N–H and O–H groups in total. The highest BCUT2D eigenvalue weighted by Gasteiger charge is 2.30. The number of benzene rings is 2. The summed E-state index contributed by atoms with van der Waals surface area (Å²) < 4.78 is 0. The molecule has 3 amide bonds. The maximum atomic E-state index is 13.6. The summed E-state index contributed by atoms with van der Waals surface area (Å²) in [6.07, 6.45) is 8.04. The highest BCUT2D eigenvalue weighted by molar-refractivity contribution is 5.98. The standard InChI is InChI=1S/C27H35N5O2/c28-25(29)21-11-8-14-24(19-21)32(23-12-6-1-2-7-13-23)27(34)30-22-15-17-31(18-16-22)26(33)20-9-4-3-5-10-20/h3-5,8-11,14,19,22-23H,1-2,6-7,12-13,15-18H2,(H3,28,29)(H,30,34). The predicted octanol–water partition coefficient (Wildman–Crippen LogP) is 4.51. The molecule has 1 heterocycles. The van der Waals surface area contributed by atoms with Crippen molar-refractivity contribution in [3.63, 3.8) is 0 Å². The summed E-state index contributed by atoms with van der Waals surface area (Å²) in [6.45, 7) is 1.25. The third-order valence-corrected chi connectivity index (χ3v) is 6.97. The number of nitrogen functional groups attached to an aromatic ring is 1. The SMILES string of the molecule is N=C(N)c1cccc(N(C(=O)NC2CCN(C(=O)c3ccccc3)CC2)C2CCCCCC2)c1. The zero-order valence-electron chi connectivity index (χ0n) is 19.7. The molecule has 0 aromatic heterocycles. The Morgan fingerprint density at radius 3 is 2.18 bits per heavy atom. The second kappa shape index (κ2) is 11.2. The minimum absolute atomic E-state index is 0.00136. The molecule has 180 valence electrons. The van der Waals surface area contributed by atoms with E-state index in [0.29, 0.717) is 24.2 Å². The molecule has 34 heavy (non-hydrogen) atoms. The van der Waals surface area contributed by atoms with Crippen LogP contribution in [0, 0.1) is 5.41 Å². The van der Waals surface area contributed by atoms with Gasteiger partial charge in [-0.3, -0.25) is 15.1 Å². The maximum Gasteiger partial charge on any atom is 0.322 e. The molecule has 2 aliphatic rings. The zero-order chi connectivity index (χ0) is 23.9. The van der Waals surface area contributed by atoms with E-state index in [0.717, 1.165) is 44.2 Å². The van der Waals surface area contributed by atoms with Crippen LogP contribution in [0.2, 0.25) is 0 Å². The van der Waals surface area contributed by atoms with E-state index >= 15 is 0 Å². The van der Waals surface area contributed by atoms with Crippen molar-refractivity contribution in [2.45, 2.75) is 63.5 Å². The monoisotopic (exact) mass is 461 g/mol. The Morgan fingerprint density at radius 2 is 1.53 bits per heavy atom. The fourth-order valence-electron chi connectivity index (χ4n) is 5.07. The fourth-order valence-corrected chi connectivity index (χ4v) is 5.07. The zero-order valence-corrected chi connectivity index (χ0v) is 19.7. The van der Waals surface area contributed by atoms with Gasteiger partial charge in [-0.05, 0) is 49.9 Å². The van der Waals surface area contributed by atoms with Crippen LogP contribution >= 0.6 is 0 Å². The Bertz CT molecular complexity index is 993. The topological polar surface area (TPSA) is 103 Å². The molecule has 7 nitrogen and oxygen atoms in total. The first-order valence-electron chi connectivity index (χ1n) is 12.4. The van der Waals surface area contributed by atoms with Crippen molar-refractivity contribution in [3.05, 3.63) is 65.7 Å². The summed E-state index contributed by atoms with van der Waals surface area (Å²) in [4.78, 5) is 30.1. The van der Waals surface area contributed by atoms with Gasteiger partial charge >= 0.3 is 6.03 Å². The number of hydrogen-bond acceptors (Lipinski definition) is 3. The largest absolute Gasteiger partial charge is 0.384 e. The molecule has 1 saturated heterocycles. The van der Waals surface area contributed by atoms with Gasteiger partial charge < -0.3 is 16.0 Å². The second-order valence-electron chi connectivity index (χ2n) is 9.36. The van der Waals surface area contributed by atoms with Gasteiger partial charge in [-0.15, -0.1) is 0 Å². The lowest BCUT2D eigenvalue weighted by Gasteiger charge is -2.36. The Kier molecular flexibility index (Phi) is 7.83. The number of nitrogens with zero attached hydrogens (tertiary/aromatic N) is 2. The van der Waals surface area contributed by atoms with Gasteiger partial charge in [-0.2, -0.15) is 0 Å². The highest BCUT2D eigenvalue weighted by Crippen LogP contribution is 2.28. The number of urea groups is 1. The van der Waals surface area contributed by atoms with Crippen molar-refractivity contribution in [3.8, 4) is 0 Å². The molecular weight excluding hydrogens is 426 g/mol. The van der Waals surface area contributed by atoms with Gasteiger partial charge in [0.05, 0.1) is 0 Å². The first kappa shape index (κ1) is 23.8. The van der Waals surface area contributed by atoms with Crippen molar-refractivity contribution in [1.29, 1.82) is 5.41 Å². The van der Waals surface area contributed by atoms with Crippen LogP contribution in [0.5, 0.6) is 0 Å². The van der Waals surface area contributed by atoms with Gasteiger partial charge in [0.1, 0.15) is 5.84 Å². The summed E-state index contributed by atoms with van der Waals surface area (Å²) in [6, 6.07) is 16.8. The van der Waals surface area contributed by atoms with Gasteiger partial charge in [0.25, 0.3) is 5.91 Å². The van der Waals surface area contributed by atoms with Crippen LogP contribution in [-0.4, -0.2) is 47.8 Å². The molecule has 4 rings (SSSR count). The number of likely N-dealkylation sites (tertiary alicyclic amines) is 1. The number of carbonyl (C=O) groups is 2. The molecule has 0 spiro atoms. The van der Waals surface area contributed by atoms with Gasteiger partial charge in [-0.25, -0.2) is 4.79 Å². The Hall–Kier alpha value is -3.35. The van der Waals surface area contributed by atoms with E-state index < -0.39 is 0 Å². The lowest BCUT2D eigenvalue weighted by atomic mass is 10.0. The first-order chi connectivity index (χ1) is 16.5. The van der Waals surface area contributed by atoms with Crippen LogP contribution in [0.25, 0.3) is 0 Å². The van der Waals surface area contributed by atoms with E-state index in [1.54, 1.807) is 6.07 Å². The van der Waals surface area contributed by atoms with E-state index in [9.17, 15) is 9.59 Å². The quantitative estimate of drug-likeness (QED) is 0.347. The molecule has 0 atom stereocenters. The number of rotatable bonds is 5. The van der Waals surface area contributed by atoms with Gasteiger partial charge in [0, 0.05) is 42.0 Å². The number of amidine groups is 1. The second-order valence-corrected chi connectivity index (χ2v) is 9.36. The van der Waals surface area contributed by atoms with E-state index in [2.05, 4.69) is 5.32 Å². The molecule has 2 fully saturated rings. The summed E-state index contributed by atoms with van der Waals surface area (Å²) in [5.41, 5.74) is 7.83. The van der Waals surface area contributed by atoms with Crippen LogP contribution in [0.15, 0.2) is 54.6 Å². The molecule has 1 saturated carbocycles. The van der Waals surface area contributed by atoms with Crippen molar-refractivity contribution in [1.82, 2.24) is 10.2 Å². The number of carbonyl (C=O) groups excluding carboxylic acids is 2. The molecule has 0 bridgehead atoms. The number of anilines is 1. The molecule has 1 aliphatic heterocycles. The van der Waals surface area contributed by atoms with E-state index in [4.69, 9.17) is 11.1 Å². The number of nitrogens with two attached hydrogens (primary N) is 1. The Morgan fingerprint density at radius 1 is 0.882 bits per heavy atom. The van der Waals surface area contributed by atoms with Crippen LogP contribution in [0.1, 0.15) is 67.3 Å². The average Bonchev–Trinajstić information content (AvgIpc) is 3.14. The average molecular weight is 462 g/mol. The molecule has 2 aromatic rings. The van der Waals surface area contributed by atoms with E-state index in [1.807, 2.05) is 58.3 Å². The van der Waals surface area contributed by atoms with E-state index in [-0.39, 0.29) is 29.9 Å². The first-order valence-corrected chi connectivity index (χ1v) is 12.4. The molecule has 1 aliphatic carbocycles. The van der Waals surface area contributed by atoms with Gasteiger partial charge in [0.2, 0.25) is 0 Å². The molecule has 0 unspecified atom stereocenters. The molecular formula is C27H35N5O2. The number of amides is 3. The normalized spacial score (nSPS) is 17.6. The summed E-state index contributed by atoms with van der Waals surface area (Å²) >= 11 is 0. The fraction of sp³-hybridized carbons (Fsp3) is 0.444. The summed E-state index contributed by atoms with van der Waals surface area (Å²) in [5, 5.41) is 11.1. The summed E-state index contributed by atoms with van der Waals surface area (Å²) in [7, 11) is 0. The Balaban J connectivity index is 1.44. The third kappa shape index (κ3) is 5.76. The predicted molar refractivity (Wildman–Crippen MR) is 135 cm³/mol. The molecule has 0 radical (unpaired) electrons. The lowest BCUT2D eigenvalue weighted by Crippen LogP contribution is -2.52. The minimum atomic E-state index is -0.0968. The van der Waals surface area contributed by atoms with Crippen LogP contribution < -0.4 is 16.0 Å². The molecule has 2 aromatic carbocycles. The smallest absolute Gasteiger partial charge is 0.322 e. The number of piperidine rings is 1. The molecule has 7 heteroatoms. The van der Waals surface area contributed by atoms with Crippen LogP contribution in [-0.2, 0) is 0 Å². The van der Waals surface area contributed by atoms with Crippen molar-refractivity contribution in [2.75, 3.05) is 18.0 Å². The highest BCUT2D eigenvalue weighted by atomic mass is 16.2. The number of hydrogen-bond donors (Lipinski definition) is 3. The van der Waals surface area contributed by atoms with Crippen molar-refractivity contribution >= 4 is 23.5 Å². The third-order valence-electron chi connectivity index (χ3n) is 6.97. The van der Waals surface area contributed by atoms with Crippen LogP contribution in [0.3, 0.4) is 0 Å². The minimum Gasteiger partial charge on any atom is -0.384 e. The van der Waals surface area contributed by atoms with Crippen molar-refractivity contribution < 1.29 is 9.59 Å². The summed E-state index contributed by atoms with van der Waals surface area (Å²) in [5.74, 6) is 0.0463. The van der Waals surface area contributed by atoms with E-state index in [1.165, 1.54) is 12.8 Å². The maximum absolute atomic E-state index is 13.6. The lowest BCUT2D eigenvalue weighted by molar-refractivity contribution is 0.0708. The van der Waals surface area contributed by atoms with Crippen molar-refractivity contribution in [2.24, 2.45) is 5.73 Å². The van der Waals surface area contributed by atoms with Gasteiger partial charge in [-0.1, -0.05) is 56.0 Å². The van der Waals surface area contributed by atoms with Crippen LogP contribution in [0.4, 0.5) is 10.5 Å².